The standard InChI is InChI=1S/C8H8BrClFNO/c1-3(12)4-2-5(10)7(11)6(9)8(4)13/h2-3,13H,12H2,1H3/t3-/m0/s1. The van der Waals surface area contributed by atoms with Gasteiger partial charge >= 0.3 is 0 Å². The molecule has 0 aliphatic heterocycles. The van der Waals surface area contributed by atoms with E-state index in [4.69, 9.17) is 17.3 Å². The number of halogens is 3. The summed E-state index contributed by atoms with van der Waals surface area (Å²) in [6, 6.07) is 0.927. The molecule has 1 aromatic rings. The lowest BCUT2D eigenvalue weighted by molar-refractivity contribution is 0.453. The molecule has 2 nitrogen and oxygen atoms in total. The molecule has 1 atom stereocenters. The SMILES string of the molecule is C[C@H](N)c1cc(Cl)c(F)c(Br)c1O. The van der Waals surface area contributed by atoms with Crippen molar-refractivity contribution in [2.45, 2.75) is 13.0 Å². The third-order valence-corrected chi connectivity index (χ3v) is 2.66. The van der Waals surface area contributed by atoms with Crippen LogP contribution in [-0.4, -0.2) is 5.11 Å². The normalized spacial score (nSPS) is 13.0. The summed E-state index contributed by atoms with van der Waals surface area (Å²) >= 11 is 8.45. The zero-order valence-electron chi connectivity index (χ0n) is 6.81. The van der Waals surface area contributed by atoms with Gasteiger partial charge in [-0.05, 0) is 28.9 Å². The smallest absolute Gasteiger partial charge is 0.159 e. The van der Waals surface area contributed by atoms with E-state index in [1.807, 2.05) is 0 Å². The summed E-state index contributed by atoms with van der Waals surface area (Å²) in [5.41, 5.74) is 5.96. The zero-order chi connectivity index (χ0) is 10.2. The second kappa shape index (κ2) is 3.82. The number of aromatic hydroxyl groups is 1. The number of nitrogens with two attached hydrogens (primary N) is 1. The Bertz CT molecular complexity index is 343. The minimum Gasteiger partial charge on any atom is -0.506 e. The van der Waals surface area contributed by atoms with Crippen LogP contribution in [-0.2, 0) is 0 Å². The van der Waals surface area contributed by atoms with Gasteiger partial charge in [0, 0.05) is 11.6 Å². The van der Waals surface area contributed by atoms with E-state index in [1.54, 1.807) is 6.92 Å². The quantitative estimate of drug-likeness (QED) is 0.769. The summed E-state index contributed by atoms with van der Waals surface area (Å²) in [5.74, 6) is -0.875. The fourth-order valence-electron chi connectivity index (χ4n) is 0.951. The molecule has 0 heterocycles. The first-order chi connectivity index (χ1) is 5.95. The summed E-state index contributed by atoms with van der Waals surface area (Å²) in [4.78, 5) is 0. The van der Waals surface area contributed by atoms with E-state index >= 15 is 0 Å². The van der Waals surface area contributed by atoms with Crippen molar-refractivity contribution in [2.24, 2.45) is 5.73 Å². The fourth-order valence-corrected chi connectivity index (χ4v) is 1.72. The first-order valence-electron chi connectivity index (χ1n) is 3.57. The molecular formula is C8H8BrClFNO. The molecule has 0 aliphatic carbocycles. The molecule has 0 amide bonds. The Morgan fingerprint density at radius 1 is 1.69 bits per heavy atom. The Kier molecular flexibility index (Phi) is 3.16. The highest BCUT2D eigenvalue weighted by molar-refractivity contribution is 9.10. The van der Waals surface area contributed by atoms with Gasteiger partial charge in [-0.15, -0.1) is 0 Å². The number of rotatable bonds is 1. The highest BCUT2D eigenvalue weighted by Crippen LogP contribution is 2.37. The van der Waals surface area contributed by atoms with Gasteiger partial charge in [-0.2, -0.15) is 0 Å². The third kappa shape index (κ3) is 1.95. The Hall–Kier alpha value is -0.320. The van der Waals surface area contributed by atoms with Crippen molar-refractivity contribution >= 4 is 27.5 Å². The Balaban J connectivity index is 3.41. The second-order valence-electron chi connectivity index (χ2n) is 2.71. The van der Waals surface area contributed by atoms with Crippen LogP contribution in [0.4, 0.5) is 4.39 Å². The van der Waals surface area contributed by atoms with Crippen LogP contribution in [0.15, 0.2) is 10.5 Å². The maximum atomic E-state index is 13.1. The number of phenols is 1. The van der Waals surface area contributed by atoms with Gasteiger partial charge in [0.15, 0.2) is 5.82 Å². The van der Waals surface area contributed by atoms with Gasteiger partial charge < -0.3 is 10.8 Å². The molecule has 0 saturated heterocycles. The Labute approximate surface area is 88.6 Å². The van der Waals surface area contributed by atoms with Crippen LogP contribution < -0.4 is 5.73 Å². The molecule has 0 saturated carbocycles. The molecule has 5 heteroatoms. The van der Waals surface area contributed by atoms with E-state index < -0.39 is 11.9 Å². The van der Waals surface area contributed by atoms with Crippen LogP contribution in [0.5, 0.6) is 5.75 Å². The summed E-state index contributed by atoms with van der Waals surface area (Å²) in [6.07, 6.45) is 0. The van der Waals surface area contributed by atoms with Gasteiger partial charge in [0.25, 0.3) is 0 Å². The number of hydrogen-bond donors (Lipinski definition) is 2. The number of phenolic OH excluding ortho intramolecular Hbond substituents is 1. The Morgan fingerprint density at radius 3 is 2.69 bits per heavy atom. The average molecular weight is 269 g/mol. The van der Waals surface area contributed by atoms with Gasteiger partial charge in [0.2, 0.25) is 0 Å². The third-order valence-electron chi connectivity index (χ3n) is 1.66. The van der Waals surface area contributed by atoms with Crippen LogP contribution in [0.2, 0.25) is 5.02 Å². The van der Waals surface area contributed by atoms with Crippen LogP contribution >= 0.6 is 27.5 Å². The topological polar surface area (TPSA) is 46.2 Å². The van der Waals surface area contributed by atoms with Crippen molar-refractivity contribution in [3.8, 4) is 5.75 Å². The molecule has 1 aromatic carbocycles. The van der Waals surface area contributed by atoms with Crippen molar-refractivity contribution in [3.05, 3.63) is 26.9 Å². The molecule has 0 spiro atoms. The molecule has 1 rings (SSSR count). The van der Waals surface area contributed by atoms with Gasteiger partial charge in [-0.25, -0.2) is 4.39 Å². The van der Waals surface area contributed by atoms with Crippen LogP contribution in [0.1, 0.15) is 18.5 Å². The lowest BCUT2D eigenvalue weighted by Gasteiger charge is -2.11. The van der Waals surface area contributed by atoms with E-state index in [-0.39, 0.29) is 15.2 Å². The lowest BCUT2D eigenvalue weighted by Crippen LogP contribution is -2.06. The molecular weight excluding hydrogens is 260 g/mol. The monoisotopic (exact) mass is 267 g/mol. The van der Waals surface area contributed by atoms with Crippen LogP contribution in [0, 0.1) is 5.82 Å². The fraction of sp³-hybridized carbons (Fsp3) is 0.250. The predicted molar refractivity (Wildman–Crippen MR) is 53.4 cm³/mol. The summed E-state index contributed by atoms with van der Waals surface area (Å²) in [6.45, 7) is 1.68. The number of benzene rings is 1. The number of hydrogen-bond acceptors (Lipinski definition) is 2. The van der Waals surface area contributed by atoms with Crippen molar-refractivity contribution in [2.75, 3.05) is 0 Å². The van der Waals surface area contributed by atoms with Crippen LogP contribution in [0.3, 0.4) is 0 Å². The highest BCUT2D eigenvalue weighted by Gasteiger charge is 2.16. The van der Waals surface area contributed by atoms with Gasteiger partial charge in [-0.1, -0.05) is 11.6 Å². The minimum atomic E-state index is -0.677. The van der Waals surface area contributed by atoms with Crippen molar-refractivity contribution < 1.29 is 9.50 Å². The lowest BCUT2D eigenvalue weighted by atomic mass is 10.1. The van der Waals surface area contributed by atoms with Crippen molar-refractivity contribution in [1.29, 1.82) is 0 Å². The molecule has 3 N–H and O–H groups in total. The molecule has 72 valence electrons. The Morgan fingerprint density at radius 2 is 2.23 bits per heavy atom. The second-order valence-corrected chi connectivity index (χ2v) is 3.91. The van der Waals surface area contributed by atoms with Gasteiger partial charge in [-0.3, -0.25) is 0 Å². The highest BCUT2D eigenvalue weighted by atomic mass is 79.9. The summed E-state index contributed by atoms with van der Waals surface area (Å²) < 4.78 is 13.0. The summed E-state index contributed by atoms with van der Waals surface area (Å²) in [7, 11) is 0. The van der Waals surface area contributed by atoms with E-state index in [1.165, 1.54) is 6.07 Å². The van der Waals surface area contributed by atoms with Crippen molar-refractivity contribution in [1.82, 2.24) is 0 Å². The first kappa shape index (κ1) is 10.8. The maximum absolute atomic E-state index is 13.1. The van der Waals surface area contributed by atoms with E-state index in [0.717, 1.165) is 0 Å². The predicted octanol–water partition coefficient (Wildman–Crippen LogP) is 2.97. The first-order valence-corrected chi connectivity index (χ1v) is 4.74. The molecule has 0 fully saturated rings. The van der Waals surface area contributed by atoms with Gasteiger partial charge in [0.05, 0.1) is 9.50 Å². The maximum Gasteiger partial charge on any atom is 0.159 e. The molecule has 0 radical (unpaired) electrons. The molecule has 0 aliphatic rings. The molecule has 13 heavy (non-hydrogen) atoms. The van der Waals surface area contributed by atoms with Gasteiger partial charge in [0.1, 0.15) is 5.75 Å². The average Bonchev–Trinajstić information content (AvgIpc) is 2.07. The van der Waals surface area contributed by atoms with E-state index in [9.17, 15) is 9.50 Å². The zero-order valence-corrected chi connectivity index (χ0v) is 9.16. The molecule has 0 unspecified atom stereocenters. The molecule has 0 bridgehead atoms. The minimum absolute atomic E-state index is 0.0488. The van der Waals surface area contributed by atoms with E-state index in [2.05, 4.69) is 15.9 Å². The summed E-state index contributed by atoms with van der Waals surface area (Å²) in [5, 5.41) is 9.39. The van der Waals surface area contributed by atoms with Crippen LogP contribution in [0.25, 0.3) is 0 Å². The van der Waals surface area contributed by atoms with E-state index in [0.29, 0.717) is 5.56 Å². The largest absolute Gasteiger partial charge is 0.506 e. The molecule has 0 aromatic heterocycles. The van der Waals surface area contributed by atoms with Crippen molar-refractivity contribution in [3.63, 3.8) is 0 Å².